The first-order chi connectivity index (χ1) is 6.66. The Kier molecular flexibility index (Phi) is 2.56. The van der Waals surface area contributed by atoms with Crippen LogP contribution in [-0.4, -0.2) is 5.11 Å². The Labute approximate surface area is 93.0 Å². The van der Waals surface area contributed by atoms with Crippen molar-refractivity contribution in [3.8, 4) is 16.9 Å². The summed E-state index contributed by atoms with van der Waals surface area (Å²) in [5.41, 5.74) is 1.57. The zero-order valence-electron chi connectivity index (χ0n) is 7.00. The highest BCUT2D eigenvalue weighted by Gasteiger charge is 2.06. The minimum atomic E-state index is -0.432. The monoisotopic (exact) mass is 272 g/mol. The van der Waals surface area contributed by atoms with E-state index in [4.69, 9.17) is 0 Å². The first-order valence-electron chi connectivity index (χ1n) is 3.88. The molecule has 0 amide bonds. The van der Waals surface area contributed by atoms with Crippen molar-refractivity contribution in [3.63, 3.8) is 0 Å². The third kappa shape index (κ3) is 1.81. The quantitative estimate of drug-likeness (QED) is 0.831. The molecule has 0 radical (unpaired) electrons. The van der Waals surface area contributed by atoms with Crippen LogP contribution in [0.1, 0.15) is 0 Å². The molecule has 1 aromatic carbocycles. The Bertz CT molecular complexity index is 447. The van der Waals surface area contributed by atoms with Gasteiger partial charge in [0.1, 0.15) is 11.6 Å². The van der Waals surface area contributed by atoms with Crippen LogP contribution in [0, 0.1) is 5.82 Å². The molecular formula is C10H6BrFOS. The van der Waals surface area contributed by atoms with E-state index < -0.39 is 5.82 Å². The lowest BCUT2D eigenvalue weighted by atomic mass is 10.1. The second kappa shape index (κ2) is 3.71. The molecule has 72 valence electrons. The van der Waals surface area contributed by atoms with Gasteiger partial charge in [-0.25, -0.2) is 4.39 Å². The molecule has 0 bridgehead atoms. The average molecular weight is 273 g/mol. The third-order valence-electron chi connectivity index (χ3n) is 1.81. The maximum Gasteiger partial charge on any atom is 0.127 e. The van der Waals surface area contributed by atoms with Crippen LogP contribution in [0.25, 0.3) is 11.1 Å². The number of benzene rings is 1. The van der Waals surface area contributed by atoms with Crippen LogP contribution in [0.3, 0.4) is 0 Å². The molecule has 0 aliphatic carbocycles. The van der Waals surface area contributed by atoms with E-state index in [0.717, 1.165) is 16.1 Å². The van der Waals surface area contributed by atoms with Gasteiger partial charge in [-0.05, 0) is 39.0 Å². The molecule has 14 heavy (non-hydrogen) atoms. The molecule has 0 spiro atoms. The topological polar surface area (TPSA) is 20.2 Å². The molecule has 0 atom stereocenters. The molecule has 0 saturated carbocycles. The molecule has 0 fully saturated rings. The van der Waals surface area contributed by atoms with Crippen LogP contribution in [0.5, 0.6) is 5.75 Å². The summed E-state index contributed by atoms with van der Waals surface area (Å²) in [4.78, 5) is 0. The molecule has 2 rings (SSSR count). The van der Waals surface area contributed by atoms with Crippen molar-refractivity contribution in [2.24, 2.45) is 0 Å². The van der Waals surface area contributed by atoms with Gasteiger partial charge in [-0.3, -0.25) is 0 Å². The Hall–Kier alpha value is -0.870. The maximum absolute atomic E-state index is 13.0. The summed E-state index contributed by atoms with van der Waals surface area (Å²) in [5.74, 6) is -0.490. The summed E-state index contributed by atoms with van der Waals surface area (Å²) in [6.45, 7) is 0. The van der Waals surface area contributed by atoms with Gasteiger partial charge in [0.2, 0.25) is 0 Å². The first kappa shape index (κ1) is 9.68. The number of thiophene rings is 1. The summed E-state index contributed by atoms with van der Waals surface area (Å²) in [6.07, 6.45) is 0. The van der Waals surface area contributed by atoms with Crippen molar-refractivity contribution >= 4 is 27.3 Å². The molecule has 0 aliphatic heterocycles. The fourth-order valence-corrected chi connectivity index (χ4v) is 2.75. The number of hydrogen-bond donors (Lipinski definition) is 1. The Morgan fingerprint density at radius 3 is 2.57 bits per heavy atom. The molecule has 4 heteroatoms. The van der Waals surface area contributed by atoms with E-state index in [1.807, 2.05) is 10.8 Å². The second-order valence-corrected chi connectivity index (χ2v) is 4.43. The SMILES string of the molecule is Oc1cc(F)cc(-c2cscc2Br)c1. The Morgan fingerprint density at radius 1 is 1.21 bits per heavy atom. The van der Waals surface area contributed by atoms with Crippen molar-refractivity contribution in [3.05, 3.63) is 39.2 Å². The summed E-state index contributed by atoms with van der Waals surface area (Å²) >= 11 is 4.88. The Balaban J connectivity index is 2.57. The van der Waals surface area contributed by atoms with E-state index in [0.29, 0.717) is 5.56 Å². The second-order valence-electron chi connectivity index (χ2n) is 2.83. The van der Waals surface area contributed by atoms with Crippen LogP contribution in [0.15, 0.2) is 33.4 Å². The third-order valence-corrected chi connectivity index (χ3v) is 3.51. The van der Waals surface area contributed by atoms with Gasteiger partial charge in [-0.15, -0.1) is 0 Å². The number of phenolic OH excluding ortho intramolecular Hbond substituents is 1. The molecule has 1 heterocycles. The lowest BCUT2D eigenvalue weighted by Gasteiger charge is -2.01. The number of phenols is 1. The normalized spacial score (nSPS) is 10.4. The lowest BCUT2D eigenvalue weighted by Crippen LogP contribution is -1.79. The van der Waals surface area contributed by atoms with Gasteiger partial charge in [0.15, 0.2) is 0 Å². The van der Waals surface area contributed by atoms with E-state index in [1.165, 1.54) is 23.5 Å². The molecule has 0 unspecified atom stereocenters. The largest absolute Gasteiger partial charge is 0.508 e. The van der Waals surface area contributed by atoms with Gasteiger partial charge in [-0.2, -0.15) is 11.3 Å². The van der Waals surface area contributed by atoms with Crippen molar-refractivity contribution in [1.29, 1.82) is 0 Å². The summed E-state index contributed by atoms with van der Waals surface area (Å²) in [5, 5.41) is 13.0. The highest BCUT2D eigenvalue weighted by Crippen LogP contribution is 2.33. The number of rotatable bonds is 1. The minimum absolute atomic E-state index is 0.0573. The smallest absolute Gasteiger partial charge is 0.127 e. The molecular weight excluding hydrogens is 267 g/mol. The van der Waals surface area contributed by atoms with Gasteiger partial charge in [0.25, 0.3) is 0 Å². The van der Waals surface area contributed by atoms with E-state index in [1.54, 1.807) is 0 Å². The van der Waals surface area contributed by atoms with Crippen molar-refractivity contribution in [1.82, 2.24) is 0 Å². The van der Waals surface area contributed by atoms with Crippen LogP contribution in [0.2, 0.25) is 0 Å². The predicted octanol–water partition coefficient (Wildman–Crippen LogP) is 4.02. The van der Waals surface area contributed by atoms with Crippen LogP contribution < -0.4 is 0 Å². The number of halogens is 2. The fourth-order valence-electron chi connectivity index (χ4n) is 1.22. The lowest BCUT2D eigenvalue weighted by molar-refractivity contribution is 0.469. The van der Waals surface area contributed by atoms with Crippen molar-refractivity contribution in [2.75, 3.05) is 0 Å². The minimum Gasteiger partial charge on any atom is -0.508 e. The van der Waals surface area contributed by atoms with E-state index in [9.17, 15) is 9.50 Å². The van der Waals surface area contributed by atoms with Crippen LogP contribution >= 0.6 is 27.3 Å². The average Bonchev–Trinajstić information content (AvgIpc) is 2.49. The zero-order valence-corrected chi connectivity index (χ0v) is 9.40. The Morgan fingerprint density at radius 2 is 2.00 bits per heavy atom. The summed E-state index contributed by atoms with van der Waals surface area (Å²) < 4.78 is 13.9. The van der Waals surface area contributed by atoms with E-state index in [2.05, 4.69) is 15.9 Å². The van der Waals surface area contributed by atoms with E-state index in [-0.39, 0.29) is 5.75 Å². The molecule has 1 nitrogen and oxygen atoms in total. The first-order valence-corrected chi connectivity index (χ1v) is 5.62. The van der Waals surface area contributed by atoms with E-state index >= 15 is 0 Å². The molecule has 1 N–H and O–H groups in total. The zero-order chi connectivity index (χ0) is 10.1. The standard InChI is InChI=1S/C10H6BrFOS/c11-10-5-14-4-9(10)6-1-7(12)3-8(13)2-6/h1-5,13H. The molecule has 0 saturated heterocycles. The predicted molar refractivity (Wildman–Crippen MR) is 59.1 cm³/mol. The maximum atomic E-state index is 13.0. The van der Waals surface area contributed by atoms with Crippen LogP contribution in [0.4, 0.5) is 4.39 Å². The highest BCUT2D eigenvalue weighted by molar-refractivity contribution is 9.10. The van der Waals surface area contributed by atoms with Gasteiger partial charge in [0, 0.05) is 21.5 Å². The summed E-state index contributed by atoms with van der Waals surface area (Å²) in [7, 11) is 0. The van der Waals surface area contributed by atoms with Gasteiger partial charge >= 0.3 is 0 Å². The molecule has 2 aromatic rings. The number of aromatic hydroxyl groups is 1. The fraction of sp³-hybridized carbons (Fsp3) is 0. The van der Waals surface area contributed by atoms with Gasteiger partial charge in [0.05, 0.1) is 0 Å². The van der Waals surface area contributed by atoms with Crippen LogP contribution in [-0.2, 0) is 0 Å². The van der Waals surface area contributed by atoms with Gasteiger partial charge in [-0.1, -0.05) is 0 Å². The van der Waals surface area contributed by atoms with Crippen molar-refractivity contribution < 1.29 is 9.50 Å². The van der Waals surface area contributed by atoms with Gasteiger partial charge < -0.3 is 5.11 Å². The number of hydrogen-bond acceptors (Lipinski definition) is 2. The molecule has 0 aliphatic rings. The van der Waals surface area contributed by atoms with Crippen molar-refractivity contribution in [2.45, 2.75) is 0 Å². The highest BCUT2D eigenvalue weighted by atomic mass is 79.9. The summed E-state index contributed by atoms with van der Waals surface area (Å²) in [6, 6.07) is 4.02. The molecule has 1 aromatic heterocycles.